The molecule has 0 aliphatic carbocycles. The average Bonchev–Trinajstić information content (AvgIpc) is 2.55. The van der Waals surface area contributed by atoms with Crippen molar-refractivity contribution >= 4 is 33.9 Å². The summed E-state index contributed by atoms with van der Waals surface area (Å²) < 4.78 is 77.1. The molecule has 0 N–H and O–H groups in total. The first-order chi connectivity index (χ1) is 11.7. The lowest BCUT2D eigenvalue weighted by atomic mass is 9.59. The molecule has 1 aromatic rings. The highest BCUT2D eigenvalue weighted by Gasteiger charge is 2.50. The number of fused-ring (bicyclic) bond motifs is 1. The van der Waals surface area contributed by atoms with E-state index in [4.69, 9.17) is 20.9 Å². The van der Waals surface area contributed by atoms with Crippen LogP contribution in [-0.4, -0.2) is 51.7 Å². The SMILES string of the molecule is O=S(=O)(Oc1c(Cl)cccc1[B-]12OCCCN1CCCO2)C(F)(F)F. The van der Waals surface area contributed by atoms with Crippen molar-refractivity contribution in [2.45, 2.75) is 18.3 Å². The summed E-state index contributed by atoms with van der Waals surface area (Å²) in [6.07, 6.45) is 1.45. The van der Waals surface area contributed by atoms with Gasteiger partial charge in [-0.25, -0.2) is 0 Å². The summed E-state index contributed by atoms with van der Waals surface area (Å²) in [7, 11) is -5.88. The Morgan fingerprint density at radius 2 is 1.76 bits per heavy atom. The molecule has 0 spiro atoms. The van der Waals surface area contributed by atoms with Crippen LogP contribution in [0, 0.1) is 0 Å². The van der Waals surface area contributed by atoms with Crippen LogP contribution in [0.3, 0.4) is 0 Å². The highest BCUT2D eigenvalue weighted by molar-refractivity contribution is 7.88. The predicted molar refractivity (Wildman–Crippen MR) is 85.2 cm³/mol. The minimum absolute atomic E-state index is 0.0553. The Hall–Kier alpha value is -1.01. The van der Waals surface area contributed by atoms with Crippen molar-refractivity contribution in [3.8, 4) is 5.75 Å². The zero-order valence-electron chi connectivity index (χ0n) is 13.0. The second-order valence-corrected chi connectivity index (χ2v) is 7.74. The van der Waals surface area contributed by atoms with Crippen LogP contribution in [0.25, 0.3) is 0 Å². The van der Waals surface area contributed by atoms with Gasteiger partial charge in [-0.3, -0.25) is 0 Å². The molecule has 6 nitrogen and oxygen atoms in total. The second-order valence-electron chi connectivity index (χ2n) is 5.80. The lowest BCUT2D eigenvalue weighted by Gasteiger charge is -2.57. The molecule has 3 rings (SSSR count). The van der Waals surface area contributed by atoms with Gasteiger partial charge in [-0.1, -0.05) is 29.2 Å². The maximum atomic E-state index is 12.7. The maximum Gasteiger partial charge on any atom is 0.534 e. The van der Waals surface area contributed by atoms with Gasteiger partial charge in [0.2, 0.25) is 0 Å². The quantitative estimate of drug-likeness (QED) is 0.438. The van der Waals surface area contributed by atoms with Gasteiger partial charge in [-0.05, 0) is 32.0 Å². The predicted octanol–water partition coefficient (Wildman–Crippen LogP) is 1.86. The Balaban J connectivity index is 2.10. The van der Waals surface area contributed by atoms with E-state index >= 15 is 0 Å². The first-order valence-electron chi connectivity index (χ1n) is 7.64. The van der Waals surface area contributed by atoms with Crippen molar-refractivity contribution in [3.63, 3.8) is 0 Å². The molecule has 0 aromatic heterocycles. The Morgan fingerprint density at radius 3 is 2.32 bits per heavy atom. The van der Waals surface area contributed by atoms with E-state index in [2.05, 4.69) is 4.18 Å². The Kier molecular flexibility index (Phi) is 4.97. The van der Waals surface area contributed by atoms with Crippen molar-refractivity contribution in [1.82, 2.24) is 4.81 Å². The summed E-state index contributed by atoms with van der Waals surface area (Å²) in [5, 5.41) is -0.273. The van der Waals surface area contributed by atoms with E-state index in [1.165, 1.54) is 18.2 Å². The number of benzene rings is 1. The summed E-state index contributed by atoms with van der Waals surface area (Å²) in [6.45, 7) is -0.453. The van der Waals surface area contributed by atoms with Crippen molar-refractivity contribution in [2.75, 3.05) is 26.3 Å². The van der Waals surface area contributed by atoms with Crippen molar-refractivity contribution in [1.29, 1.82) is 0 Å². The van der Waals surface area contributed by atoms with Crippen LogP contribution in [0.5, 0.6) is 5.75 Å². The molecule has 12 heteroatoms. The van der Waals surface area contributed by atoms with E-state index in [9.17, 15) is 21.6 Å². The number of alkyl halides is 3. The molecule has 140 valence electrons. The molecular weight excluding hydrogens is 385 g/mol. The highest BCUT2D eigenvalue weighted by Crippen LogP contribution is 2.34. The molecule has 0 unspecified atom stereocenters. The zero-order chi connectivity index (χ0) is 18.3. The third-order valence-corrected chi connectivity index (χ3v) is 5.47. The largest absolute Gasteiger partial charge is 0.551 e. The molecule has 0 amide bonds. The van der Waals surface area contributed by atoms with E-state index in [-0.39, 0.29) is 10.5 Å². The molecule has 2 aliphatic rings. The molecule has 2 heterocycles. The van der Waals surface area contributed by atoms with Gasteiger partial charge in [0.1, 0.15) is 5.75 Å². The van der Waals surface area contributed by atoms with Crippen LogP contribution < -0.4 is 9.65 Å². The summed E-state index contributed by atoms with van der Waals surface area (Å²) in [4.78, 5) is 1.85. The normalized spacial score (nSPS) is 21.6. The topological polar surface area (TPSA) is 65.1 Å². The summed E-state index contributed by atoms with van der Waals surface area (Å²) in [5.41, 5.74) is -5.52. The summed E-state index contributed by atoms with van der Waals surface area (Å²) >= 11 is 5.96. The lowest BCUT2D eigenvalue weighted by molar-refractivity contribution is -0.0500. The number of hydrogen-bond acceptors (Lipinski definition) is 6. The highest BCUT2D eigenvalue weighted by atomic mass is 35.5. The Bertz CT molecular complexity index is 749. The maximum absolute atomic E-state index is 12.7. The van der Waals surface area contributed by atoms with E-state index in [0.717, 1.165) is 12.8 Å². The fraction of sp³-hybridized carbons (Fsp3) is 0.538. The van der Waals surface area contributed by atoms with E-state index in [0.29, 0.717) is 26.3 Å². The first kappa shape index (κ1) is 18.8. The number of rotatable bonds is 3. The van der Waals surface area contributed by atoms with Gasteiger partial charge >= 0.3 is 22.3 Å². The van der Waals surface area contributed by atoms with Gasteiger partial charge in [0.15, 0.2) is 0 Å². The lowest BCUT2D eigenvalue weighted by Crippen LogP contribution is -2.71. The molecule has 2 saturated heterocycles. The smallest absolute Gasteiger partial charge is 0.534 e. The first-order valence-corrected chi connectivity index (χ1v) is 9.42. The summed E-state index contributed by atoms with van der Waals surface area (Å²) in [6, 6.07) is 4.14. The standard InChI is InChI=1S/C13H15BClF3NO5S/c15-11-5-1-4-10(12(11)24-25(20,21)13(16,17)18)14-19(6-2-8-22-14)7-3-9-23-14/h1,4-5H,2-3,6-9H2/q-1. The van der Waals surface area contributed by atoms with Crippen molar-refractivity contribution in [3.05, 3.63) is 23.2 Å². The fourth-order valence-corrected chi connectivity index (χ4v) is 3.93. The zero-order valence-corrected chi connectivity index (χ0v) is 14.5. The molecule has 0 saturated carbocycles. The molecule has 25 heavy (non-hydrogen) atoms. The minimum atomic E-state index is -5.88. The fourth-order valence-electron chi connectivity index (χ4n) is 3.17. The molecule has 0 bridgehead atoms. The van der Waals surface area contributed by atoms with Gasteiger partial charge in [-0.15, -0.1) is 0 Å². The van der Waals surface area contributed by atoms with Crippen LogP contribution in [0.2, 0.25) is 5.02 Å². The number of nitrogens with zero attached hydrogens (tertiary/aromatic N) is 1. The Labute approximate surface area is 147 Å². The van der Waals surface area contributed by atoms with E-state index in [1.54, 1.807) is 0 Å². The number of para-hydroxylation sites is 1. The third-order valence-electron chi connectivity index (χ3n) is 4.21. The van der Waals surface area contributed by atoms with Crippen LogP contribution >= 0.6 is 11.6 Å². The van der Waals surface area contributed by atoms with Gasteiger partial charge in [-0.2, -0.15) is 21.6 Å². The van der Waals surface area contributed by atoms with Crippen LogP contribution in [0.1, 0.15) is 12.8 Å². The van der Waals surface area contributed by atoms with Crippen LogP contribution in [0.4, 0.5) is 13.2 Å². The molecule has 2 fully saturated rings. The minimum Gasteiger partial charge on any atom is -0.551 e. The third kappa shape index (κ3) is 3.35. The van der Waals surface area contributed by atoms with Gasteiger partial charge in [0.25, 0.3) is 0 Å². The van der Waals surface area contributed by atoms with E-state index in [1.807, 2.05) is 4.81 Å². The van der Waals surface area contributed by atoms with E-state index < -0.39 is 28.1 Å². The molecule has 2 aliphatic heterocycles. The second kappa shape index (κ2) is 6.62. The molecule has 0 radical (unpaired) electrons. The van der Waals surface area contributed by atoms with Gasteiger partial charge in [0.05, 0.1) is 5.02 Å². The van der Waals surface area contributed by atoms with Crippen LogP contribution in [0.15, 0.2) is 18.2 Å². The van der Waals surface area contributed by atoms with Crippen molar-refractivity contribution in [2.24, 2.45) is 0 Å². The van der Waals surface area contributed by atoms with Gasteiger partial charge in [0, 0.05) is 13.2 Å². The molecule has 0 atom stereocenters. The van der Waals surface area contributed by atoms with Crippen molar-refractivity contribution < 1.29 is 35.1 Å². The molecule has 1 aromatic carbocycles. The number of halogens is 4. The average molecular weight is 401 g/mol. The van der Waals surface area contributed by atoms with Gasteiger partial charge < -0.3 is 18.3 Å². The molecular formula is C13H15BClF3NO5S-. The summed E-state index contributed by atoms with van der Waals surface area (Å²) in [5.74, 6) is -0.615. The van der Waals surface area contributed by atoms with Crippen LogP contribution in [-0.2, 0) is 19.4 Å². The Morgan fingerprint density at radius 1 is 1.16 bits per heavy atom. The monoisotopic (exact) mass is 400 g/mol. The number of hydrogen-bond donors (Lipinski definition) is 0.